The molecule has 1 aliphatic carbocycles. The maximum atomic E-state index is 10.1. The van der Waals surface area contributed by atoms with Gasteiger partial charge in [0.25, 0.3) is 0 Å². The molecule has 0 aromatic carbocycles. The molecular formula is C11H12OS. The first-order valence-corrected chi connectivity index (χ1v) is 4.63. The lowest BCUT2D eigenvalue weighted by Crippen LogP contribution is -1.78. The number of carbonyl (C=O) groups is 1. The third kappa shape index (κ3) is 3.95. The summed E-state index contributed by atoms with van der Waals surface area (Å²) in [5.41, 5.74) is 1.18. The molecule has 13 heavy (non-hydrogen) atoms. The van der Waals surface area contributed by atoms with Gasteiger partial charge in [0.1, 0.15) is 6.29 Å². The monoisotopic (exact) mass is 192 g/mol. The van der Waals surface area contributed by atoms with Gasteiger partial charge in [0.2, 0.25) is 0 Å². The Morgan fingerprint density at radius 3 is 2.92 bits per heavy atom. The molecule has 0 radical (unpaired) electrons. The zero-order chi connectivity index (χ0) is 9.52. The molecular weight excluding hydrogens is 180 g/mol. The van der Waals surface area contributed by atoms with Crippen LogP contribution in [0.5, 0.6) is 0 Å². The molecule has 1 nitrogen and oxygen atoms in total. The lowest BCUT2D eigenvalue weighted by Gasteiger charge is -1.98. The van der Waals surface area contributed by atoms with Gasteiger partial charge in [-0.15, -0.1) is 12.6 Å². The van der Waals surface area contributed by atoms with Gasteiger partial charge in [0.15, 0.2) is 0 Å². The predicted octanol–water partition coefficient (Wildman–Crippen LogP) is 2.83. The second-order valence-corrected chi connectivity index (χ2v) is 3.34. The van der Waals surface area contributed by atoms with Crippen LogP contribution in [0.15, 0.2) is 46.9 Å². The molecule has 0 N–H and O–H groups in total. The van der Waals surface area contributed by atoms with E-state index in [-0.39, 0.29) is 0 Å². The molecule has 0 bridgehead atoms. The second kappa shape index (κ2) is 5.60. The highest BCUT2D eigenvalue weighted by molar-refractivity contribution is 7.84. The van der Waals surface area contributed by atoms with E-state index in [1.165, 1.54) is 5.57 Å². The largest absolute Gasteiger partial charge is 0.303 e. The van der Waals surface area contributed by atoms with E-state index in [2.05, 4.69) is 12.6 Å². The topological polar surface area (TPSA) is 17.1 Å². The van der Waals surface area contributed by atoms with Crippen LogP contribution < -0.4 is 0 Å². The van der Waals surface area contributed by atoms with Crippen LogP contribution in [-0.2, 0) is 4.79 Å². The number of hydrogen-bond donors (Lipinski definition) is 1. The van der Waals surface area contributed by atoms with Crippen molar-refractivity contribution in [3.63, 3.8) is 0 Å². The molecule has 0 atom stereocenters. The molecule has 1 rings (SSSR count). The van der Waals surface area contributed by atoms with E-state index >= 15 is 0 Å². The highest BCUT2D eigenvalue weighted by Crippen LogP contribution is 2.18. The molecule has 2 heteroatoms. The molecule has 1 aliphatic rings. The van der Waals surface area contributed by atoms with Crippen molar-refractivity contribution in [2.75, 3.05) is 0 Å². The van der Waals surface area contributed by atoms with Crippen molar-refractivity contribution >= 4 is 18.9 Å². The van der Waals surface area contributed by atoms with Gasteiger partial charge < -0.3 is 4.79 Å². The summed E-state index contributed by atoms with van der Waals surface area (Å²) in [7, 11) is 0. The Labute approximate surface area is 83.9 Å². The zero-order valence-electron chi connectivity index (χ0n) is 7.31. The Morgan fingerprint density at radius 2 is 2.15 bits per heavy atom. The fraction of sp³-hybridized carbons (Fsp3) is 0.182. The Balaban J connectivity index is 2.60. The fourth-order valence-electron chi connectivity index (χ4n) is 1.06. The average Bonchev–Trinajstić information content (AvgIpc) is 2.31. The summed E-state index contributed by atoms with van der Waals surface area (Å²) in [6.45, 7) is 0. The van der Waals surface area contributed by atoms with E-state index < -0.39 is 0 Å². The zero-order valence-corrected chi connectivity index (χ0v) is 8.21. The van der Waals surface area contributed by atoms with Crippen LogP contribution in [0.1, 0.15) is 12.8 Å². The molecule has 0 saturated heterocycles. The van der Waals surface area contributed by atoms with E-state index in [0.717, 1.165) is 17.6 Å². The Bertz CT molecular complexity index is 295. The maximum absolute atomic E-state index is 10.1. The minimum absolute atomic E-state index is 0.479. The Morgan fingerprint density at radius 1 is 1.38 bits per heavy atom. The SMILES string of the molecule is O=CC/C=C\C1=CC=CC=C(S)C1. The third-order valence-corrected chi connectivity index (χ3v) is 1.97. The van der Waals surface area contributed by atoms with Crippen molar-refractivity contribution in [2.24, 2.45) is 0 Å². The third-order valence-electron chi connectivity index (χ3n) is 1.66. The number of carbonyl (C=O) groups excluding carboxylic acids is 1. The fourth-order valence-corrected chi connectivity index (χ4v) is 1.33. The molecule has 0 saturated carbocycles. The summed E-state index contributed by atoms with van der Waals surface area (Å²) >= 11 is 4.30. The van der Waals surface area contributed by atoms with E-state index in [1.54, 1.807) is 0 Å². The summed E-state index contributed by atoms with van der Waals surface area (Å²) in [6.07, 6.45) is 14.0. The van der Waals surface area contributed by atoms with Crippen LogP contribution in [0, 0.1) is 0 Å². The van der Waals surface area contributed by atoms with Gasteiger partial charge in [0, 0.05) is 12.8 Å². The Kier molecular flexibility index (Phi) is 4.33. The van der Waals surface area contributed by atoms with E-state index in [1.807, 2.05) is 36.5 Å². The predicted molar refractivity (Wildman–Crippen MR) is 58.7 cm³/mol. The minimum atomic E-state index is 0.479. The summed E-state index contributed by atoms with van der Waals surface area (Å²) < 4.78 is 0. The summed E-state index contributed by atoms with van der Waals surface area (Å²) in [5.74, 6) is 0. The van der Waals surface area contributed by atoms with Gasteiger partial charge in [-0.25, -0.2) is 0 Å². The smallest absolute Gasteiger partial charge is 0.123 e. The van der Waals surface area contributed by atoms with Gasteiger partial charge in [-0.2, -0.15) is 0 Å². The van der Waals surface area contributed by atoms with Crippen molar-refractivity contribution in [3.8, 4) is 0 Å². The highest BCUT2D eigenvalue weighted by atomic mass is 32.1. The van der Waals surface area contributed by atoms with Gasteiger partial charge in [-0.3, -0.25) is 0 Å². The van der Waals surface area contributed by atoms with Crippen LogP contribution >= 0.6 is 12.6 Å². The van der Waals surface area contributed by atoms with Crippen molar-refractivity contribution in [1.82, 2.24) is 0 Å². The summed E-state index contributed by atoms with van der Waals surface area (Å²) in [6, 6.07) is 0. The molecule has 0 aromatic rings. The van der Waals surface area contributed by atoms with E-state index in [9.17, 15) is 4.79 Å². The average molecular weight is 192 g/mol. The van der Waals surface area contributed by atoms with Crippen LogP contribution in [0.4, 0.5) is 0 Å². The number of thiol groups is 1. The van der Waals surface area contributed by atoms with Crippen LogP contribution in [0.25, 0.3) is 0 Å². The lowest BCUT2D eigenvalue weighted by atomic mass is 10.1. The molecule has 0 heterocycles. The highest BCUT2D eigenvalue weighted by Gasteiger charge is 1.96. The van der Waals surface area contributed by atoms with Crippen LogP contribution in [0.3, 0.4) is 0 Å². The van der Waals surface area contributed by atoms with Crippen molar-refractivity contribution in [3.05, 3.63) is 46.9 Å². The quantitative estimate of drug-likeness (QED) is 0.537. The van der Waals surface area contributed by atoms with E-state index in [0.29, 0.717) is 6.42 Å². The standard InChI is InChI=1S/C11H12OS/c12-8-4-3-6-10-5-1-2-7-11(13)9-10/h1-3,5-8,13H,4,9H2/b6-3-. The molecule has 0 spiro atoms. The number of aldehydes is 1. The maximum Gasteiger partial charge on any atom is 0.123 e. The molecule has 68 valence electrons. The Hall–Kier alpha value is -1.02. The van der Waals surface area contributed by atoms with Gasteiger partial charge in [0.05, 0.1) is 0 Å². The first-order chi connectivity index (χ1) is 6.33. The van der Waals surface area contributed by atoms with Crippen molar-refractivity contribution < 1.29 is 4.79 Å². The van der Waals surface area contributed by atoms with Gasteiger partial charge >= 0.3 is 0 Å². The normalized spacial score (nSPS) is 16.7. The van der Waals surface area contributed by atoms with Gasteiger partial charge in [-0.05, 0) is 10.5 Å². The van der Waals surface area contributed by atoms with Crippen LogP contribution in [0.2, 0.25) is 0 Å². The first-order valence-electron chi connectivity index (χ1n) is 4.18. The molecule has 0 aliphatic heterocycles. The molecule has 0 amide bonds. The van der Waals surface area contributed by atoms with Crippen LogP contribution in [-0.4, -0.2) is 6.29 Å². The number of rotatable bonds is 3. The summed E-state index contributed by atoms with van der Waals surface area (Å²) in [4.78, 5) is 11.1. The van der Waals surface area contributed by atoms with Crippen molar-refractivity contribution in [1.29, 1.82) is 0 Å². The first kappa shape index (κ1) is 10.1. The lowest BCUT2D eigenvalue weighted by molar-refractivity contribution is -0.107. The second-order valence-electron chi connectivity index (χ2n) is 2.77. The number of hydrogen-bond acceptors (Lipinski definition) is 2. The molecule has 0 aromatic heterocycles. The van der Waals surface area contributed by atoms with Crippen molar-refractivity contribution in [2.45, 2.75) is 12.8 Å². The summed E-state index contributed by atoms with van der Waals surface area (Å²) in [5, 5.41) is 0. The molecule has 0 unspecified atom stereocenters. The van der Waals surface area contributed by atoms with Gasteiger partial charge in [-0.1, -0.05) is 36.5 Å². The molecule has 0 fully saturated rings. The van der Waals surface area contributed by atoms with E-state index in [4.69, 9.17) is 0 Å². The number of allylic oxidation sites excluding steroid dienone is 8. The minimum Gasteiger partial charge on any atom is -0.303 e.